The van der Waals surface area contributed by atoms with E-state index in [1.165, 1.54) is 0 Å². The molecular weight excluding hydrogens is 346 g/mol. The molecule has 1 aromatic rings. The van der Waals surface area contributed by atoms with Gasteiger partial charge in [0.2, 0.25) is 0 Å². The van der Waals surface area contributed by atoms with Crippen molar-refractivity contribution in [1.82, 2.24) is 5.06 Å². The molecule has 1 aromatic carbocycles. The number of ether oxygens (including phenoxy) is 2. The molecule has 0 aromatic heterocycles. The molecular formula is C21H29NO5. The van der Waals surface area contributed by atoms with E-state index >= 15 is 0 Å². The predicted molar refractivity (Wildman–Crippen MR) is 103 cm³/mol. The van der Waals surface area contributed by atoms with Crippen LogP contribution in [0.2, 0.25) is 0 Å². The molecule has 0 amide bonds. The molecule has 0 unspecified atom stereocenters. The Morgan fingerprint density at radius 3 is 2.59 bits per heavy atom. The van der Waals surface area contributed by atoms with Crippen molar-refractivity contribution in [1.29, 1.82) is 0 Å². The van der Waals surface area contributed by atoms with Crippen molar-refractivity contribution in [3.05, 3.63) is 47.4 Å². The van der Waals surface area contributed by atoms with Crippen LogP contribution >= 0.6 is 0 Å². The zero-order valence-corrected chi connectivity index (χ0v) is 16.3. The Kier molecular flexibility index (Phi) is 7.73. The molecule has 6 nitrogen and oxygen atoms in total. The van der Waals surface area contributed by atoms with Gasteiger partial charge in [-0.15, -0.1) is 0 Å². The maximum Gasteiger partial charge on any atom is 0.166 e. The number of benzene rings is 1. The van der Waals surface area contributed by atoms with Crippen molar-refractivity contribution < 1.29 is 24.6 Å². The van der Waals surface area contributed by atoms with Gasteiger partial charge in [0, 0.05) is 18.2 Å². The fraction of sp³-hybridized carbons (Fsp3) is 0.476. The first kappa shape index (κ1) is 20.8. The molecule has 1 aliphatic heterocycles. The van der Waals surface area contributed by atoms with Crippen LogP contribution in [-0.2, 0) is 4.74 Å². The lowest BCUT2D eigenvalue weighted by atomic mass is 9.98. The van der Waals surface area contributed by atoms with E-state index in [1.54, 1.807) is 31.3 Å². The van der Waals surface area contributed by atoms with Gasteiger partial charge in [-0.1, -0.05) is 13.8 Å². The topological polar surface area (TPSA) is 79.2 Å². The molecule has 0 saturated carbocycles. The van der Waals surface area contributed by atoms with Gasteiger partial charge in [-0.2, -0.15) is 0 Å². The van der Waals surface area contributed by atoms with E-state index < -0.39 is 0 Å². The van der Waals surface area contributed by atoms with Crippen LogP contribution in [0.25, 0.3) is 0 Å². The van der Waals surface area contributed by atoms with E-state index in [4.69, 9.17) is 9.47 Å². The molecule has 27 heavy (non-hydrogen) atoms. The molecule has 0 saturated heterocycles. The molecule has 1 heterocycles. The van der Waals surface area contributed by atoms with Crippen LogP contribution in [0.1, 0.15) is 49.0 Å². The number of allylic oxidation sites excluding steroid dienone is 2. The third-order valence-corrected chi connectivity index (χ3v) is 4.22. The summed E-state index contributed by atoms with van der Waals surface area (Å²) in [6.07, 6.45) is 7.14. The first-order valence-corrected chi connectivity index (χ1v) is 9.32. The maximum absolute atomic E-state index is 12.2. The molecule has 0 bridgehead atoms. The summed E-state index contributed by atoms with van der Waals surface area (Å²) in [5, 5.41) is 20.7. The normalized spacial score (nSPS) is 13.7. The SMILES string of the molecule is Cc1c(OCCCCOC2=CC=CN(O)C2)ccc(C(=O)CC(C)C)c1O. The second-order valence-electron chi connectivity index (χ2n) is 7.08. The van der Waals surface area contributed by atoms with E-state index in [0.29, 0.717) is 43.1 Å². The van der Waals surface area contributed by atoms with Gasteiger partial charge in [-0.05, 0) is 50.0 Å². The fourth-order valence-corrected chi connectivity index (χ4v) is 2.74. The number of nitrogens with zero attached hydrogens (tertiary/aromatic N) is 1. The first-order chi connectivity index (χ1) is 12.9. The molecule has 0 fully saturated rings. The lowest BCUT2D eigenvalue weighted by Gasteiger charge is -2.18. The Bertz CT molecular complexity index is 709. The van der Waals surface area contributed by atoms with Gasteiger partial charge in [-0.3, -0.25) is 15.1 Å². The van der Waals surface area contributed by atoms with Crippen molar-refractivity contribution >= 4 is 5.78 Å². The maximum atomic E-state index is 12.2. The largest absolute Gasteiger partial charge is 0.507 e. The third-order valence-electron chi connectivity index (χ3n) is 4.22. The number of carbonyl (C=O) groups is 1. The monoisotopic (exact) mass is 375 g/mol. The van der Waals surface area contributed by atoms with Gasteiger partial charge in [0.1, 0.15) is 23.8 Å². The Morgan fingerprint density at radius 1 is 1.22 bits per heavy atom. The summed E-state index contributed by atoms with van der Waals surface area (Å²) in [4.78, 5) is 12.2. The molecule has 6 heteroatoms. The highest BCUT2D eigenvalue weighted by Crippen LogP contribution is 2.31. The van der Waals surface area contributed by atoms with Gasteiger partial charge in [0.25, 0.3) is 0 Å². The van der Waals surface area contributed by atoms with Crippen LogP contribution in [0.3, 0.4) is 0 Å². The van der Waals surface area contributed by atoms with Crippen molar-refractivity contribution in [3.63, 3.8) is 0 Å². The lowest BCUT2D eigenvalue weighted by Crippen LogP contribution is -2.19. The number of phenolic OH excluding ortho intramolecular Hbond substituents is 1. The summed E-state index contributed by atoms with van der Waals surface area (Å²) in [5.41, 5.74) is 0.942. The second kappa shape index (κ2) is 10.0. The van der Waals surface area contributed by atoms with E-state index in [2.05, 4.69) is 0 Å². The fourth-order valence-electron chi connectivity index (χ4n) is 2.74. The van der Waals surface area contributed by atoms with Crippen LogP contribution < -0.4 is 4.74 Å². The number of ketones is 1. The van der Waals surface area contributed by atoms with E-state index in [1.807, 2.05) is 19.9 Å². The number of aromatic hydroxyl groups is 1. The number of Topliss-reactive ketones (excluding diaryl/α,β-unsaturated/α-hetero) is 1. The summed E-state index contributed by atoms with van der Waals surface area (Å²) in [5.74, 6) is 1.51. The molecule has 2 N–H and O–H groups in total. The molecule has 0 spiro atoms. The minimum absolute atomic E-state index is 0.00679. The van der Waals surface area contributed by atoms with Gasteiger partial charge >= 0.3 is 0 Å². The zero-order chi connectivity index (χ0) is 19.8. The van der Waals surface area contributed by atoms with Gasteiger partial charge in [0.15, 0.2) is 5.78 Å². The van der Waals surface area contributed by atoms with E-state index in [9.17, 15) is 15.1 Å². The Labute approximate surface area is 160 Å². The highest BCUT2D eigenvalue weighted by atomic mass is 16.5. The molecule has 1 aliphatic rings. The summed E-state index contributed by atoms with van der Waals surface area (Å²) in [6.45, 7) is 7.10. The smallest absolute Gasteiger partial charge is 0.166 e. The van der Waals surface area contributed by atoms with E-state index in [0.717, 1.165) is 23.7 Å². The number of rotatable bonds is 10. The van der Waals surface area contributed by atoms with Crippen molar-refractivity contribution in [2.24, 2.45) is 5.92 Å². The number of hydrogen-bond acceptors (Lipinski definition) is 6. The summed E-state index contributed by atoms with van der Waals surface area (Å²) < 4.78 is 11.3. The van der Waals surface area contributed by atoms with Gasteiger partial charge in [0.05, 0.1) is 18.8 Å². The quantitative estimate of drug-likeness (QED) is 0.471. The van der Waals surface area contributed by atoms with Gasteiger partial charge < -0.3 is 14.6 Å². The van der Waals surface area contributed by atoms with Crippen molar-refractivity contribution in [2.75, 3.05) is 19.8 Å². The van der Waals surface area contributed by atoms with Crippen LogP contribution in [0.15, 0.2) is 36.2 Å². The number of unbranched alkanes of at least 4 members (excludes halogenated alkanes) is 1. The molecule has 2 rings (SSSR count). The Morgan fingerprint density at radius 2 is 1.93 bits per heavy atom. The molecule has 0 radical (unpaired) electrons. The van der Waals surface area contributed by atoms with Crippen LogP contribution in [0.5, 0.6) is 11.5 Å². The van der Waals surface area contributed by atoms with Crippen LogP contribution in [-0.4, -0.2) is 40.9 Å². The minimum atomic E-state index is -0.0531. The molecule has 148 valence electrons. The lowest BCUT2D eigenvalue weighted by molar-refractivity contribution is -0.0452. The average Bonchev–Trinajstić information content (AvgIpc) is 2.60. The van der Waals surface area contributed by atoms with Crippen molar-refractivity contribution in [3.8, 4) is 11.5 Å². The Hall–Kier alpha value is -2.47. The summed E-state index contributed by atoms with van der Waals surface area (Å²) in [7, 11) is 0. The minimum Gasteiger partial charge on any atom is -0.507 e. The van der Waals surface area contributed by atoms with Crippen molar-refractivity contribution in [2.45, 2.75) is 40.0 Å². The summed E-state index contributed by atoms with van der Waals surface area (Å²) >= 11 is 0. The van der Waals surface area contributed by atoms with Crippen LogP contribution in [0, 0.1) is 12.8 Å². The number of hydrogen-bond donors (Lipinski definition) is 2. The Balaban J connectivity index is 1.76. The van der Waals surface area contributed by atoms with E-state index in [-0.39, 0.29) is 17.5 Å². The second-order valence-corrected chi connectivity index (χ2v) is 7.08. The average molecular weight is 375 g/mol. The third kappa shape index (κ3) is 6.32. The standard InChI is InChI=1S/C21H29NO5/c1-15(2)13-19(23)18-8-9-20(16(3)21(18)24)27-12-5-4-11-26-17-7-6-10-22(25)14-17/h6-10,15,24-25H,4-5,11-14H2,1-3H3. The number of hydroxylamine groups is 2. The zero-order valence-electron chi connectivity index (χ0n) is 16.3. The number of carbonyl (C=O) groups excluding carboxylic acids is 1. The number of phenols is 1. The first-order valence-electron chi connectivity index (χ1n) is 9.32. The van der Waals surface area contributed by atoms with Crippen LogP contribution in [0.4, 0.5) is 0 Å². The predicted octanol–water partition coefficient (Wildman–Crippen LogP) is 4.21. The summed E-state index contributed by atoms with van der Waals surface area (Å²) in [6, 6.07) is 3.38. The van der Waals surface area contributed by atoms with Gasteiger partial charge in [-0.25, -0.2) is 0 Å². The highest BCUT2D eigenvalue weighted by Gasteiger charge is 2.17. The molecule has 0 atom stereocenters. The molecule has 0 aliphatic carbocycles. The highest BCUT2D eigenvalue weighted by molar-refractivity contribution is 5.99.